The molecule has 2 rings (SSSR count). The van der Waals surface area contributed by atoms with Crippen molar-refractivity contribution in [3.8, 4) is 0 Å². The molecule has 0 spiro atoms. The number of hydrogen-bond donors (Lipinski definition) is 0. The zero-order valence-electron chi connectivity index (χ0n) is 10.5. The first-order chi connectivity index (χ1) is 9.39. The summed E-state index contributed by atoms with van der Waals surface area (Å²) in [6.07, 6.45) is -4.19. The molecule has 1 amide bonds. The fraction of sp³-hybridized carbons (Fsp3) is 0.462. The number of carbonyl (C=O) groups excluding carboxylic acids is 1. The molecule has 0 aliphatic carbocycles. The van der Waals surface area contributed by atoms with Gasteiger partial charge in [-0.1, -0.05) is 0 Å². The minimum absolute atomic E-state index is 0.166. The SMILES string of the molecule is O=C(c1ccc(F)c(C(F)(F)F)c1)N1CCCOCC1. The Kier molecular flexibility index (Phi) is 4.27. The van der Waals surface area contributed by atoms with Gasteiger partial charge in [0.2, 0.25) is 0 Å². The predicted molar refractivity (Wildman–Crippen MR) is 62.7 cm³/mol. The molecule has 7 heteroatoms. The van der Waals surface area contributed by atoms with E-state index in [2.05, 4.69) is 0 Å². The van der Waals surface area contributed by atoms with Crippen LogP contribution in [0.4, 0.5) is 17.6 Å². The first kappa shape index (κ1) is 14.8. The topological polar surface area (TPSA) is 29.5 Å². The number of alkyl halides is 3. The number of amides is 1. The number of ether oxygens (including phenoxy) is 1. The highest BCUT2D eigenvalue weighted by Gasteiger charge is 2.35. The summed E-state index contributed by atoms with van der Waals surface area (Å²) in [6.45, 7) is 1.59. The van der Waals surface area contributed by atoms with Crippen molar-refractivity contribution in [2.75, 3.05) is 26.3 Å². The molecule has 0 bridgehead atoms. The molecule has 0 saturated carbocycles. The van der Waals surface area contributed by atoms with Crippen LogP contribution in [-0.4, -0.2) is 37.1 Å². The molecule has 1 aliphatic rings. The van der Waals surface area contributed by atoms with E-state index in [-0.39, 0.29) is 5.56 Å². The lowest BCUT2D eigenvalue weighted by molar-refractivity contribution is -0.140. The Hall–Kier alpha value is -1.63. The molecule has 0 atom stereocenters. The molecule has 1 aliphatic heterocycles. The molecule has 0 radical (unpaired) electrons. The van der Waals surface area contributed by atoms with Gasteiger partial charge in [-0.25, -0.2) is 4.39 Å². The number of nitrogens with zero attached hydrogens (tertiary/aromatic N) is 1. The quantitative estimate of drug-likeness (QED) is 0.745. The van der Waals surface area contributed by atoms with Crippen LogP contribution in [0.1, 0.15) is 22.3 Å². The van der Waals surface area contributed by atoms with Crippen molar-refractivity contribution in [2.24, 2.45) is 0 Å². The van der Waals surface area contributed by atoms with E-state index in [1.165, 1.54) is 4.90 Å². The van der Waals surface area contributed by atoms with Crippen LogP contribution in [0, 0.1) is 5.82 Å². The lowest BCUT2D eigenvalue weighted by Gasteiger charge is -2.20. The van der Waals surface area contributed by atoms with Crippen LogP contribution in [-0.2, 0) is 10.9 Å². The second-order valence-electron chi connectivity index (χ2n) is 4.45. The van der Waals surface area contributed by atoms with Crippen molar-refractivity contribution < 1.29 is 27.1 Å². The predicted octanol–water partition coefficient (Wildman–Crippen LogP) is 2.71. The lowest BCUT2D eigenvalue weighted by Crippen LogP contribution is -2.33. The Morgan fingerprint density at radius 1 is 1.20 bits per heavy atom. The summed E-state index contributed by atoms with van der Waals surface area (Å²) < 4.78 is 56.2. The first-order valence-electron chi connectivity index (χ1n) is 6.13. The first-order valence-corrected chi connectivity index (χ1v) is 6.13. The molecule has 1 aromatic rings. The van der Waals surface area contributed by atoms with Crippen molar-refractivity contribution in [1.29, 1.82) is 0 Å². The van der Waals surface area contributed by atoms with Crippen LogP contribution < -0.4 is 0 Å². The summed E-state index contributed by atoms with van der Waals surface area (Å²) in [7, 11) is 0. The average Bonchev–Trinajstić information content (AvgIpc) is 2.66. The highest BCUT2D eigenvalue weighted by molar-refractivity contribution is 5.94. The van der Waals surface area contributed by atoms with Crippen LogP contribution in [0.5, 0.6) is 0 Å². The van der Waals surface area contributed by atoms with Crippen molar-refractivity contribution in [3.05, 3.63) is 35.1 Å². The van der Waals surface area contributed by atoms with E-state index in [0.717, 1.165) is 6.07 Å². The lowest BCUT2D eigenvalue weighted by atomic mass is 10.1. The molecule has 0 aromatic heterocycles. The van der Waals surface area contributed by atoms with E-state index < -0.39 is 23.5 Å². The molecule has 1 saturated heterocycles. The summed E-state index contributed by atoms with van der Waals surface area (Å²) in [4.78, 5) is 13.5. The van der Waals surface area contributed by atoms with Gasteiger partial charge in [-0.05, 0) is 24.6 Å². The average molecular weight is 291 g/mol. The number of halogens is 4. The van der Waals surface area contributed by atoms with E-state index in [0.29, 0.717) is 44.9 Å². The minimum atomic E-state index is -4.82. The van der Waals surface area contributed by atoms with Gasteiger partial charge in [0.15, 0.2) is 0 Å². The highest BCUT2D eigenvalue weighted by atomic mass is 19.4. The van der Waals surface area contributed by atoms with Crippen molar-refractivity contribution in [1.82, 2.24) is 4.90 Å². The summed E-state index contributed by atoms with van der Waals surface area (Å²) in [5, 5.41) is 0. The van der Waals surface area contributed by atoms with Gasteiger partial charge in [-0.15, -0.1) is 0 Å². The molecule has 1 fully saturated rings. The minimum Gasteiger partial charge on any atom is -0.380 e. The highest BCUT2D eigenvalue weighted by Crippen LogP contribution is 2.32. The third-order valence-electron chi connectivity index (χ3n) is 3.03. The van der Waals surface area contributed by atoms with Gasteiger partial charge in [0.05, 0.1) is 12.2 Å². The summed E-state index contributed by atoms with van der Waals surface area (Å²) in [6, 6.07) is 2.30. The summed E-state index contributed by atoms with van der Waals surface area (Å²) >= 11 is 0. The molecule has 1 heterocycles. The van der Waals surface area contributed by atoms with E-state index >= 15 is 0 Å². The maximum absolute atomic E-state index is 13.2. The molecular weight excluding hydrogens is 278 g/mol. The second-order valence-corrected chi connectivity index (χ2v) is 4.45. The zero-order chi connectivity index (χ0) is 14.8. The van der Waals surface area contributed by atoms with Crippen LogP contribution in [0.3, 0.4) is 0 Å². The largest absolute Gasteiger partial charge is 0.419 e. The smallest absolute Gasteiger partial charge is 0.380 e. The fourth-order valence-electron chi connectivity index (χ4n) is 2.01. The Morgan fingerprint density at radius 2 is 1.95 bits per heavy atom. The summed E-state index contributed by atoms with van der Waals surface area (Å²) in [5.74, 6) is -1.92. The fourth-order valence-corrected chi connectivity index (χ4v) is 2.01. The maximum Gasteiger partial charge on any atom is 0.419 e. The van der Waals surface area contributed by atoms with Gasteiger partial charge in [-0.2, -0.15) is 13.2 Å². The monoisotopic (exact) mass is 291 g/mol. The molecular formula is C13H13F4NO2. The molecule has 20 heavy (non-hydrogen) atoms. The van der Waals surface area contributed by atoms with Gasteiger partial charge in [0, 0.05) is 25.3 Å². The van der Waals surface area contributed by atoms with E-state index in [4.69, 9.17) is 4.74 Å². The van der Waals surface area contributed by atoms with Gasteiger partial charge in [-0.3, -0.25) is 4.79 Å². The number of rotatable bonds is 1. The standard InChI is InChI=1S/C13H13F4NO2/c14-11-3-2-9(8-10(11)13(15,16)17)12(19)18-4-1-6-20-7-5-18/h2-3,8H,1,4-7H2. The Balaban J connectivity index is 2.26. The van der Waals surface area contributed by atoms with Gasteiger partial charge in [0.1, 0.15) is 5.82 Å². The number of benzene rings is 1. The van der Waals surface area contributed by atoms with Gasteiger partial charge < -0.3 is 9.64 Å². The second kappa shape index (κ2) is 5.78. The molecule has 110 valence electrons. The Bertz CT molecular complexity index is 494. The molecule has 1 aromatic carbocycles. The zero-order valence-corrected chi connectivity index (χ0v) is 10.5. The van der Waals surface area contributed by atoms with Crippen LogP contribution in [0.25, 0.3) is 0 Å². The third kappa shape index (κ3) is 3.27. The Labute approximate surface area is 113 Å². The van der Waals surface area contributed by atoms with E-state index in [1.807, 2.05) is 0 Å². The van der Waals surface area contributed by atoms with Crippen molar-refractivity contribution in [3.63, 3.8) is 0 Å². The van der Waals surface area contributed by atoms with Crippen LogP contribution in [0.2, 0.25) is 0 Å². The normalized spacial score (nSPS) is 16.9. The number of carbonyl (C=O) groups is 1. The summed E-state index contributed by atoms with van der Waals surface area (Å²) in [5.41, 5.74) is -1.59. The van der Waals surface area contributed by atoms with Crippen molar-refractivity contribution >= 4 is 5.91 Å². The van der Waals surface area contributed by atoms with Crippen LogP contribution >= 0.6 is 0 Å². The van der Waals surface area contributed by atoms with Crippen molar-refractivity contribution in [2.45, 2.75) is 12.6 Å². The molecule has 3 nitrogen and oxygen atoms in total. The van der Waals surface area contributed by atoms with E-state index in [9.17, 15) is 22.4 Å². The maximum atomic E-state index is 13.2. The third-order valence-corrected chi connectivity index (χ3v) is 3.03. The molecule has 0 unspecified atom stereocenters. The van der Waals surface area contributed by atoms with Crippen LogP contribution in [0.15, 0.2) is 18.2 Å². The van der Waals surface area contributed by atoms with Gasteiger partial charge >= 0.3 is 6.18 Å². The number of hydrogen-bond acceptors (Lipinski definition) is 2. The van der Waals surface area contributed by atoms with Gasteiger partial charge in [0.25, 0.3) is 5.91 Å². The van der Waals surface area contributed by atoms with E-state index in [1.54, 1.807) is 0 Å². The molecule has 0 N–H and O–H groups in total. The Morgan fingerprint density at radius 3 is 2.65 bits per heavy atom.